The minimum absolute atomic E-state index is 0.0358. The molecule has 0 aliphatic heterocycles. The Morgan fingerprint density at radius 1 is 0.719 bits per heavy atom. The van der Waals surface area contributed by atoms with Crippen LogP contribution in [0.5, 0.6) is 0 Å². The number of hydrogen-bond donors (Lipinski definition) is 0. The zero-order valence-corrected chi connectivity index (χ0v) is 17.0. The van der Waals surface area contributed by atoms with E-state index in [1.807, 2.05) is 0 Å². The van der Waals surface area contributed by atoms with E-state index in [0.717, 1.165) is 4.57 Å². The van der Waals surface area contributed by atoms with Gasteiger partial charge in [0.25, 0.3) is 22.2 Å². The maximum atomic E-state index is 12.7. The summed E-state index contributed by atoms with van der Waals surface area (Å²) < 4.78 is 11.4. The molecule has 2 aromatic heterocycles. The second-order valence-electron chi connectivity index (χ2n) is 6.97. The third kappa shape index (κ3) is 3.13. The van der Waals surface area contributed by atoms with Crippen LogP contribution in [0.4, 0.5) is 0 Å². The van der Waals surface area contributed by atoms with E-state index >= 15 is 0 Å². The van der Waals surface area contributed by atoms with E-state index in [2.05, 4.69) is 4.74 Å². The number of aromatic nitrogens is 2. The smallest absolute Gasteiger partial charge is 0.339 e. The van der Waals surface area contributed by atoms with E-state index in [1.165, 1.54) is 43.5 Å². The van der Waals surface area contributed by atoms with Crippen LogP contribution in [0.15, 0.2) is 55.6 Å². The molecular weight excluding hydrogens is 420 g/mol. The van der Waals surface area contributed by atoms with Crippen molar-refractivity contribution in [3.05, 3.63) is 88.9 Å². The molecule has 4 aromatic rings. The highest BCUT2D eigenvalue weighted by Crippen LogP contribution is 2.14. The predicted molar refractivity (Wildman–Crippen MR) is 114 cm³/mol. The normalized spacial score (nSPS) is 11.2. The maximum Gasteiger partial charge on any atom is 0.339 e. The number of benzene rings is 2. The molecular formula is C22H16N2O8. The summed E-state index contributed by atoms with van der Waals surface area (Å²) in [6.45, 7) is 1.16. The molecule has 0 unspecified atom stereocenters. The minimum Gasteiger partial charge on any atom is -0.465 e. The number of nitrogens with zero attached hydrogens (tertiary/aromatic N) is 2. The van der Waals surface area contributed by atoms with E-state index in [1.54, 1.807) is 6.92 Å². The van der Waals surface area contributed by atoms with Crippen LogP contribution in [-0.4, -0.2) is 28.2 Å². The van der Waals surface area contributed by atoms with Crippen molar-refractivity contribution in [1.82, 2.24) is 9.13 Å². The van der Waals surface area contributed by atoms with Gasteiger partial charge in [-0.05, 0) is 43.3 Å². The number of carbonyl (C=O) groups is 2. The zero-order valence-electron chi connectivity index (χ0n) is 17.0. The molecule has 0 atom stereocenters. The molecule has 10 heteroatoms. The van der Waals surface area contributed by atoms with Crippen molar-refractivity contribution in [2.75, 3.05) is 7.11 Å². The van der Waals surface area contributed by atoms with Gasteiger partial charge in [0.2, 0.25) is 0 Å². The topological polar surface area (TPSA) is 131 Å². The highest BCUT2D eigenvalue weighted by molar-refractivity contribution is 5.98. The van der Waals surface area contributed by atoms with Crippen LogP contribution in [0, 0.1) is 0 Å². The maximum absolute atomic E-state index is 12.7. The van der Waals surface area contributed by atoms with Crippen LogP contribution >= 0.6 is 0 Å². The Kier molecular flexibility index (Phi) is 5.05. The molecule has 0 saturated heterocycles. The Morgan fingerprint density at radius 3 is 1.53 bits per heavy atom. The molecule has 0 N–H and O–H groups in total. The molecule has 162 valence electrons. The summed E-state index contributed by atoms with van der Waals surface area (Å²) in [5.74, 6) is -1.38. The first-order valence-corrected chi connectivity index (χ1v) is 9.54. The second kappa shape index (κ2) is 7.73. The second-order valence-corrected chi connectivity index (χ2v) is 6.97. The van der Waals surface area contributed by atoms with E-state index in [-0.39, 0.29) is 39.2 Å². The molecule has 0 aliphatic rings. The molecule has 0 aliphatic carbocycles. The molecule has 2 heterocycles. The molecule has 0 radical (unpaired) electrons. The third-order valence-corrected chi connectivity index (χ3v) is 5.24. The summed E-state index contributed by atoms with van der Waals surface area (Å²) in [6, 6.07) is 7.90. The molecule has 10 nitrogen and oxygen atoms in total. The average Bonchev–Trinajstić information content (AvgIpc) is 3.19. The van der Waals surface area contributed by atoms with Crippen LogP contribution in [0.3, 0.4) is 0 Å². The highest BCUT2D eigenvalue weighted by Gasteiger charge is 2.20. The van der Waals surface area contributed by atoms with E-state index in [0.29, 0.717) is 4.57 Å². The highest BCUT2D eigenvalue weighted by atomic mass is 16.5. The monoisotopic (exact) mass is 436 g/mol. The number of fused-ring (bicyclic) bond motifs is 2. The fraction of sp³-hybridized carbons (Fsp3) is 0.182. The Hall–Kier alpha value is -4.34. The Balaban J connectivity index is 1.66. The van der Waals surface area contributed by atoms with Crippen LogP contribution in [0.1, 0.15) is 27.6 Å². The van der Waals surface area contributed by atoms with Gasteiger partial charge < -0.3 is 9.47 Å². The number of carbonyl (C=O) groups excluding carboxylic acids is 2. The summed E-state index contributed by atoms with van der Waals surface area (Å²) in [5, 5.41) is 0.0419. The largest absolute Gasteiger partial charge is 0.465 e. The summed E-state index contributed by atoms with van der Waals surface area (Å²) in [4.78, 5) is 73.9. The standard InChI is InChI=1S/C22H16N2O8/c1-3-23-17(25)13-8-15-16(9-14(13)18(23)26)20(28)24(19(15)27)10-32-22(30)12-6-4-11(5-7-12)21(29)31-2/h4-9H,3,10H2,1-2H3. The minimum atomic E-state index is -0.815. The fourth-order valence-corrected chi connectivity index (χ4v) is 3.54. The van der Waals surface area contributed by atoms with Gasteiger partial charge in [0, 0.05) is 6.54 Å². The summed E-state index contributed by atoms with van der Waals surface area (Å²) >= 11 is 0. The Bertz CT molecular complexity index is 1520. The third-order valence-electron chi connectivity index (χ3n) is 5.24. The molecule has 32 heavy (non-hydrogen) atoms. The lowest BCUT2D eigenvalue weighted by molar-refractivity contribution is 0.0363. The van der Waals surface area contributed by atoms with Crippen LogP contribution in [0.25, 0.3) is 21.5 Å². The van der Waals surface area contributed by atoms with Crippen molar-refractivity contribution in [1.29, 1.82) is 0 Å². The lowest BCUT2D eigenvalue weighted by Crippen LogP contribution is -2.28. The van der Waals surface area contributed by atoms with Gasteiger partial charge >= 0.3 is 11.9 Å². The van der Waals surface area contributed by atoms with E-state index in [9.17, 15) is 28.8 Å². The first-order chi connectivity index (χ1) is 15.3. The number of methoxy groups -OCH3 is 1. The van der Waals surface area contributed by atoms with Crippen LogP contribution in [0.2, 0.25) is 0 Å². The summed E-state index contributed by atoms with van der Waals surface area (Å²) in [7, 11) is 1.23. The Labute approximate surface area is 178 Å². The SMILES string of the molecule is CCn1c(=O)c2cc3c(=O)n(COC(=O)c4ccc(C(=O)OC)cc4)c(=O)c3cc2c1=O. The van der Waals surface area contributed by atoms with Crippen molar-refractivity contribution >= 4 is 33.5 Å². The first-order valence-electron chi connectivity index (χ1n) is 9.54. The lowest BCUT2D eigenvalue weighted by Gasteiger charge is -2.05. The van der Waals surface area contributed by atoms with Crippen molar-refractivity contribution in [2.24, 2.45) is 0 Å². The van der Waals surface area contributed by atoms with Crippen molar-refractivity contribution in [2.45, 2.75) is 20.2 Å². The zero-order chi connectivity index (χ0) is 23.2. The molecule has 0 amide bonds. The summed E-state index contributed by atoms with van der Waals surface area (Å²) in [5.41, 5.74) is -2.20. The quantitative estimate of drug-likeness (QED) is 0.414. The molecule has 0 fully saturated rings. The predicted octanol–water partition coefficient (Wildman–Crippen LogP) is 0.533. The average molecular weight is 436 g/mol. The van der Waals surface area contributed by atoms with E-state index < -0.39 is 40.9 Å². The van der Waals surface area contributed by atoms with Gasteiger partial charge in [0.15, 0.2) is 6.73 Å². The van der Waals surface area contributed by atoms with Gasteiger partial charge in [-0.2, -0.15) is 0 Å². The van der Waals surface area contributed by atoms with Gasteiger partial charge in [-0.1, -0.05) is 0 Å². The van der Waals surface area contributed by atoms with Crippen molar-refractivity contribution in [3.63, 3.8) is 0 Å². The van der Waals surface area contributed by atoms with Crippen LogP contribution in [-0.2, 0) is 22.7 Å². The number of ether oxygens (including phenoxy) is 2. The molecule has 0 spiro atoms. The van der Waals surface area contributed by atoms with Crippen molar-refractivity contribution < 1.29 is 19.1 Å². The van der Waals surface area contributed by atoms with Gasteiger partial charge in [-0.15, -0.1) is 0 Å². The fourth-order valence-electron chi connectivity index (χ4n) is 3.54. The molecule has 4 rings (SSSR count). The molecule has 2 aromatic carbocycles. The van der Waals surface area contributed by atoms with E-state index in [4.69, 9.17) is 4.74 Å². The molecule has 0 bridgehead atoms. The lowest BCUT2D eigenvalue weighted by atomic mass is 10.1. The number of hydrogen-bond acceptors (Lipinski definition) is 8. The summed E-state index contributed by atoms with van der Waals surface area (Å²) in [6.07, 6.45) is 0. The first kappa shape index (κ1) is 20.9. The van der Waals surface area contributed by atoms with Gasteiger partial charge in [-0.3, -0.25) is 23.7 Å². The van der Waals surface area contributed by atoms with Crippen LogP contribution < -0.4 is 22.2 Å². The number of esters is 2. The van der Waals surface area contributed by atoms with Gasteiger partial charge in [0.1, 0.15) is 0 Å². The number of rotatable bonds is 5. The Morgan fingerprint density at radius 2 is 1.12 bits per heavy atom. The van der Waals surface area contributed by atoms with Crippen molar-refractivity contribution in [3.8, 4) is 0 Å². The molecule has 0 saturated carbocycles. The van der Waals surface area contributed by atoms with Gasteiger partial charge in [-0.25, -0.2) is 14.2 Å². The van der Waals surface area contributed by atoms with Gasteiger partial charge in [0.05, 0.1) is 39.8 Å².